The summed E-state index contributed by atoms with van der Waals surface area (Å²) in [5.41, 5.74) is 7.68. The molecule has 0 unspecified atom stereocenters. The maximum absolute atomic E-state index is 14.1. The number of H-pyrrole nitrogens is 1. The maximum atomic E-state index is 14.1. The molecule has 1 aliphatic carbocycles. The number of fused-ring (bicyclic) bond motifs is 3. The van der Waals surface area contributed by atoms with Gasteiger partial charge in [0, 0.05) is 28.0 Å². The molecule has 4 rings (SSSR count). The van der Waals surface area contributed by atoms with Gasteiger partial charge in [-0.15, -0.1) is 0 Å². The van der Waals surface area contributed by atoms with E-state index < -0.39 is 41.4 Å². The number of hydrogen-bond donors (Lipinski definition) is 5. The molecule has 0 saturated carbocycles. The fourth-order valence-electron chi connectivity index (χ4n) is 5.54. The second-order valence-electron chi connectivity index (χ2n) is 11.7. The van der Waals surface area contributed by atoms with E-state index in [0.717, 1.165) is 27.7 Å². The Morgan fingerprint density at radius 2 is 1.77 bits per heavy atom. The average molecular weight is 610 g/mol. The maximum Gasteiger partial charge on any atom is 0.408 e. The lowest BCUT2D eigenvalue weighted by Gasteiger charge is -2.39. The zero-order chi connectivity index (χ0) is 31.3. The van der Waals surface area contributed by atoms with Crippen molar-refractivity contribution in [2.75, 3.05) is 0 Å². The Morgan fingerprint density at radius 1 is 1.05 bits per heavy atom. The summed E-state index contributed by atoms with van der Waals surface area (Å²) in [6.45, 7) is 7.37. The summed E-state index contributed by atoms with van der Waals surface area (Å²) in [6, 6.07) is 12.8. The van der Waals surface area contributed by atoms with Crippen LogP contribution in [0.4, 0.5) is 4.79 Å². The van der Waals surface area contributed by atoms with Gasteiger partial charge in [0.05, 0.1) is 0 Å². The van der Waals surface area contributed by atoms with E-state index in [1.165, 1.54) is 0 Å². The van der Waals surface area contributed by atoms with Crippen molar-refractivity contribution < 1.29 is 23.9 Å². The van der Waals surface area contributed by atoms with Crippen LogP contribution in [0.5, 0.6) is 0 Å². The van der Waals surface area contributed by atoms with E-state index in [9.17, 15) is 19.2 Å². The first kappa shape index (κ1) is 31.9. The number of rotatable bonds is 11. The van der Waals surface area contributed by atoms with Crippen molar-refractivity contribution in [3.63, 3.8) is 0 Å². The summed E-state index contributed by atoms with van der Waals surface area (Å²) in [4.78, 5) is 56.4. The van der Waals surface area contributed by atoms with Crippen LogP contribution in [-0.2, 0) is 38.6 Å². The Morgan fingerprint density at radius 3 is 2.42 bits per heavy atom. The largest absolute Gasteiger partial charge is 0.445 e. The van der Waals surface area contributed by atoms with Gasteiger partial charge in [-0.2, -0.15) is 0 Å². The number of aromatic nitrogens is 1. The van der Waals surface area contributed by atoms with Gasteiger partial charge in [-0.25, -0.2) is 4.79 Å². The Bertz CT molecular complexity index is 1490. The Labute approximate surface area is 256 Å². The number of ether oxygens (including phenoxy) is 1. The van der Waals surface area contributed by atoms with Crippen molar-refractivity contribution in [3.8, 4) is 0 Å². The molecule has 0 bridgehead atoms. The molecule has 2 aromatic carbocycles. The van der Waals surface area contributed by atoms with Crippen LogP contribution in [0, 0.1) is 11.8 Å². The van der Waals surface area contributed by atoms with Crippen molar-refractivity contribution >= 4 is 46.3 Å². The molecule has 43 heavy (non-hydrogen) atoms. The van der Waals surface area contributed by atoms with Crippen molar-refractivity contribution in [1.82, 2.24) is 20.9 Å². The first-order chi connectivity index (χ1) is 20.4. The lowest BCUT2D eigenvalue weighted by Crippen LogP contribution is -2.67. The number of amides is 4. The first-order valence-electron chi connectivity index (χ1n) is 14.6. The molecule has 0 spiro atoms. The van der Waals surface area contributed by atoms with E-state index in [2.05, 4.69) is 20.9 Å². The third-order valence-electron chi connectivity index (χ3n) is 8.28. The standard InChI is InChI=1S/C32H40ClN5O5/c1-5-19(4)27(37-31(42)43-17-20-9-7-6-8-10-20)29(40)38-32(30(41)36-26(18(2)3)28(34)39)14-13-24-23(16-32)22-12-11-21(33)15-25(22)35-24/h6-12,15,18-19,26-27,35H,5,13-14,16-17H2,1-4H3,(H2,34,39)(H,36,41)(H,37,42)(H,38,40)/t19-,26-,27-,32-/m0/s1. The van der Waals surface area contributed by atoms with Crippen molar-refractivity contribution in [1.29, 1.82) is 0 Å². The molecule has 0 radical (unpaired) electrons. The number of hydrogen-bond acceptors (Lipinski definition) is 5. The molecular weight excluding hydrogens is 570 g/mol. The number of alkyl carbamates (subject to hydrolysis) is 1. The number of nitrogens with one attached hydrogen (secondary N) is 4. The third kappa shape index (κ3) is 7.30. The number of primary amides is 1. The van der Waals surface area contributed by atoms with E-state index in [1.54, 1.807) is 19.9 Å². The number of benzene rings is 2. The molecule has 0 saturated heterocycles. The first-order valence-corrected chi connectivity index (χ1v) is 15.0. The molecule has 4 amide bonds. The highest BCUT2D eigenvalue weighted by molar-refractivity contribution is 6.31. The van der Waals surface area contributed by atoms with Crippen LogP contribution in [0.2, 0.25) is 5.02 Å². The van der Waals surface area contributed by atoms with Crippen LogP contribution in [0.1, 0.15) is 57.4 Å². The minimum atomic E-state index is -1.41. The van der Waals surface area contributed by atoms with Gasteiger partial charge < -0.3 is 31.4 Å². The SMILES string of the molecule is CC[C@H](C)[C@H](NC(=O)OCc1ccccc1)C(=O)N[C@@]1(C(=O)N[C@H](C(N)=O)C(C)C)CCc2[nH]c3cc(Cl)ccc3c2C1. The van der Waals surface area contributed by atoms with Gasteiger partial charge in [0.25, 0.3) is 0 Å². The Kier molecular flexibility index (Phi) is 10.0. The minimum Gasteiger partial charge on any atom is -0.445 e. The molecule has 10 nitrogen and oxygen atoms in total. The quantitative estimate of drug-likeness (QED) is 0.221. The van der Waals surface area contributed by atoms with Gasteiger partial charge in [-0.3, -0.25) is 14.4 Å². The summed E-state index contributed by atoms with van der Waals surface area (Å²) in [5.74, 6) is -2.23. The van der Waals surface area contributed by atoms with Gasteiger partial charge in [0.15, 0.2) is 0 Å². The zero-order valence-corrected chi connectivity index (χ0v) is 25.7. The molecule has 0 aliphatic heterocycles. The van der Waals surface area contributed by atoms with Crippen molar-refractivity contribution in [2.45, 2.75) is 77.6 Å². The molecule has 0 fully saturated rings. The predicted octanol–water partition coefficient (Wildman–Crippen LogP) is 4.13. The molecular formula is C32H40ClN5O5. The highest BCUT2D eigenvalue weighted by atomic mass is 35.5. The van der Waals surface area contributed by atoms with Gasteiger partial charge in [-0.05, 0) is 47.9 Å². The van der Waals surface area contributed by atoms with E-state index in [4.69, 9.17) is 22.1 Å². The van der Waals surface area contributed by atoms with Crippen LogP contribution < -0.4 is 21.7 Å². The highest BCUT2D eigenvalue weighted by Gasteiger charge is 2.46. The van der Waals surface area contributed by atoms with E-state index in [0.29, 0.717) is 17.9 Å². The van der Waals surface area contributed by atoms with Crippen molar-refractivity contribution in [3.05, 3.63) is 70.4 Å². The van der Waals surface area contributed by atoms with E-state index in [1.807, 2.05) is 56.3 Å². The molecule has 4 atom stereocenters. The second-order valence-corrected chi connectivity index (χ2v) is 12.1. The second kappa shape index (κ2) is 13.5. The van der Waals surface area contributed by atoms with Crippen LogP contribution >= 0.6 is 11.6 Å². The fraction of sp³-hybridized carbons (Fsp3) is 0.438. The number of carbonyl (C=O) groups excluding carboxylic acids is 4. The average Bonchev–Trinajstić information content (AvgIpc) is 3.33. The summed E-state index contributed by atoms with van der Waals surface area (Å²) in [7, 11) is 0. The molecule has 230 valence electrons. The van der Waals surface area contributed by atoms with E-state index >= 15 is 0 Å². The lowest BCUT2D eigenvalue weighted by atomic mass is 9.78. The molecule has 1 heterocycles. The predicted molar refractivity (Wildman–Crippen MR) is 165 cm³/mol. The molecule has 11 heteroatoms. The number of nitrogens with two attached hydrogens (primary N) is 1. The summed E-state index contributed by atoms with van der Waals surface area (Å²) < 4.78 is 5.39. The highest BCUT2D eigenvalue weighted by Crippen LogP contribution is 2.35. The van der Waals surface area contributed by atoms with Gasteiger partial charge in [-0.1, -0.05) is 82.1 Å². The monoisotopic (exact) mass is 609 g/mol. The number of carbonyl (C=O) groups is 4. The van der Waals surface area contributed by atoms with Gasteiger partial charge in [0.2, 0.25) is 17.7 Å². The summed E-state index contributed by atoms with van der Waals surface area (Å²) in [5, 5.41) is 9.98. The zero-order valence-electron chi connectivity index (χ0n) is 25.0. The smallest absolute Gasteiger partial charge is 0.408 e. The molecule has 1 aromatic heterocycles. The van der Waals surface area contributed by atoms with Crippen LogP contribution in [0.3, 0.4) is 0 Å². The minimum absolute atomic E-state index is 0.0466. The molecule has 6 N–H and O–H groups in total. The topological polar surface area (TPSA) is 155 Å². The number of aryl methyl sites for hydroxylation is 1. The fourth-order valence-corrected chi connectivity index (χ4v) is 5.71. The van der Waals surface area contributed by atoms with Gasteiger partial charge in [0.1, 0.15) is 24.2 Å². The van der Waals surface area contributed by atoms with Crippen LogP contribution in [0.25, 0.3) is 10.9 Å². The van der Waals surface area contributed by atoms with Crippen LogP contribution in [0.15, 0.2) is 48.5 Å². The van der Waals surface area contributed by atoms with Crippen LogP contribution in [-0.4, -0.2) is 46.4 Å². The third-order valence-corrected chi connectivity index (χ3v) is 8.51. The van der Waals surface area contributed by atoms with E-state index in [-0.39, 0.29) is 31.3 Å². The van der Waals surface area contributed by atoms with Crippen molar-refractivity contribution in [2.24, 2.45) is 17.6 Å². The normalized spacial score (nSPS) is 18.3. The Hall–Kier alpha value is -4.05. The lowest BCUT2D eigenvalue weighted by molar-refractivity contribution is -0.137. The Balaban J connectivity index is 1.63. The van der Waals surface area contributed by atoms with Gasteiger partial charge >= 0.3 is 6.09 Å². The summed E-state index contributed by atoms with van der Waals surface area (Å²) >= 11 is 6.22. The number of aromatic amines is 1. The molecule has 3 aromatic rings. The summed E-state index contributed by atoms with van der Waals surface area (Å²) in [6.07, 6.45) is 0.722. The number of halogens is 1. The molecule has 1 aliphatic rings.